The molecule has 0 radical (unpaired) electrons. The Hall–Kier alpha value is -0.530. The summed E-state index contributed by atoms with van der Waals surface area (Å²) in [4.78, 5) is 10.4. The molecule has 0 aromatic heterocycles. The van der Waals surface area contributed by atoms with E-state index in [2.05, 4.69) is 0 Å². The van der Waals surface area contributed by atoms with Crippen LogP contribution in [0.25, 0.3) is 0 Å². The van der Waals surface area contributed by atoms with Crippen LogP contribution in [0.15, 0.2) is 0 Å². The molecule has 1 saturated carbocycles. The molecule has 0 amide bonds. The first-order chi connectivity index (χ1) is 15.8. The zero-order valence-electron chi connectivity index (χ0n) is 21.7. The SMILES string of the molecule is O=C(O)CCCCCCCCCCCCCCCCCCCCCCCC1CCCCC1. The van der Waals surface area contributed by atoms with Crippen LogP contribution in [0.2, 0.25) is 0 Å². The van der Waals surface area contributed by atoms with E-state index in [4.69, 9.17) is 5.11 Å². The van der Waals surface area contributed by atoms with Crippen molar-refractivity contribution in [1.82, 2.24) is 0 Å². The average Bonchev–Trinajstić information content (AvgIpc) is 2.80. The van der Waals surface area contributed by atoms with Crippen LogP contribution in [0.3, 0.4) is 0 Å². The number of carbonyl (C=O) groups is 1. The van der Waals surface area contributed by atoms with Gasteiger partial charge in [-0.1, -0.05) is 167 Å². The first kappa shape index (κ1) is 29.5. The van der Waals surface area contributed by atoms with Gasteiger partial charge in [0.1, 0.15) is 0 Å². The maximum atomic E-state index is 10.4. The lowest BCUT2D eigenvalue weighted by molar-refractivity contribution is -0.137. The zero-order chi connectivity index (χ0) is 23.0. The summed E-state index contributed by atoms with van der Waals surface area (Å²) in [5.41, 5.74) is 0. The monoisotopic (exact) mass is 450 g/mol. The highest BCUT2D eigenvalue weighted by atomic mass is 16.4. The Kier molecular flexibility index (Phi) is 21.8. The molecule has 0 bridgehead atoms. The third kappa shape index (κ3) is 21.3. The molecule has 0 heterocycles. The van der Waals surface area contributed by atoms with Crippen molar-refractivity contribution in [2.24, 2.45) is 5.92 Å². The Morgan fingerprint density at radius 3 is 1.12 bits per heavy atom. The van der Waals surface area contributed by atoms with Gasteiger partial charge in [0.25, 0.3) is 0 Å². The maximum absolute atomic E-state index is 10.4. The summed E-state index contributed by atoms with van der Waals surface area (Å²) in [6.45, 7) is 0. The third-order valence-corrected chi connectivity index (χ3v) is 7.73. The number of unbranched alkanes of at least 4 members (excludes halogenated alkanes) is 20. The molecule has 1 aliphatic rings. The van der Waals surface area contributed by atoms with Crippen LogP contribution >= 0.6 is 0 Å². The van der Waals surface area contributed by atoms with E-state index in [1.807, 2.05) is 0 Å². The summed E-state index contributed by atoms with van der Waals surface area (Å²) >= 11 is 0. The van der Waals surface area contributed by atoms with Crippen LogP contribution in [0, 0.1) is 5.92 Å². The summed E-state index contributed by atoms with van der Waals surface area (Å²) in [5.74, 6) is 0.438. The van der Waals surface area contributed by atoms with Gasteiger partial charge in [-0.3, -0.25) is 4.79 Å². The number of rotatable bonds is 24. The van der Waals surface area contributed by atoms with Crippen molar-refractivity contribution in [2.75, 3.05) is 0 Å². The lowest BCUT2D eigenvalue weighted by atomic mass is 9.85. The Bertz CT molecular complexity index is 386. The van der Waals surface area contributed by atoms with E-state index in [0.717, 1.165) is 18.8 Å². The smallest absolute Gasteiger partial charge is 0.303 e. The molecule has 0 unspecified atom stereocenters. The van der Waals surface area contributed by atoms with Crippen molar-refractivity contribution < 1.29 is 9.90 Å². The van der Waals surface area contributed by atoms with Crippen LogP contribution in [-0.4, -0.2) is 11.1 Å². The molecule has 190 valence electrons. The topological polar surface area (TPSA) is 37.3 Å². The van der Waals surface area contributed by atoms with Gasteiger partial charge in [0, 0.05) is 6.42 Å². The van der Waals surface area contributed by atoms with E-state index in [1.54, 1.807) is 0 Å². The van der Waals surface area contributed by atoms with Crippen LogP contribution in [0.4, 0.5) is 0 Å². The summed E-state index contributed by atoms with van der Waals surface area (Å²) < 4.78 is 0. The Morgan fingerprint density at radius 1 is 0.469 bits per heavy atom. The lowest BCUT2D eigenvalue weighted by Gasteiger charge is -2.21. The number of aliphatic carboxylic acids is 1. The molecule has 0 aromatic carbocycles. The van der Waals surface area contributed by atoms with Crippen molar-refractivity contribution in [2.45, 2.75) is 180 Å². The molecular weight excluding hydrogens is 392 g/mol. The fourth-order valence-electron chi connectivity index (χ4n) is 5.54. The molecule has 0 aromatic rings. The van der Waals surface area contributed by atoms with Gasteiger partial charge < -0.3 is 5.11 Å². The number of hydrogen-bond donors (Lipinski definition) is 1. The lowest BCUT2D eigenvalue weighted by Crippen LogP contribution is -2.05. The minimum Gasteiger partial charge on any atom is -0.481 e. The second-order valence-corrected chi connectivity index (χ2v) is 10.9. The van der Waals surface area contributed by atoms with Gasteiger partial charge in [-0.05, 0) is 12.3 Å². The third-order valence-electron chi connectivity index (χ3n) is 7.73. The molecule has 2 nitrogen and oxygen atoms in total. The molecule has 32 heavy (non-hydrogen) atoms. The van der Waals surface area contributed by atoms with Crippen molar-refractivity contribution >= 4 is 5.97 Å². The fourth-order valence-corrected chi connectivity index (χ4v) is 5.54. The van der Waals surface area contributed by atoms with Gasteiger partial charge in [0.15, 0.2) is 0 Å². The highest BCUT2D eigenvalue weighted by molar-refractivity contribution is 5.66. The van der Waals surface area contributed by atoms with Gasteiger partial charge in [-0.25, -0.2) is 0 Å². The summed E-state index contributed by atoms with van der Waals surface area (Å²) in [5, 5.41) is 8.61. The van der Waals surface area contributed by atoms with E-state index < -0.39 is 5.97 Å². The van der Waals surface area contributed by atoms with Crippen LogP contribution in [0.5, 0.6) is 0 Å². The van der Waals surface area contributed by atoms with E-state index in [9.17, 15) is 4.79 Å². The Labute approximate surface area is 201 Å². The van der Waals surface area contributed by atoms with Crippen LogP contribution in [0.1, 0.15) is 180 Å². The highest BCUT2D eigenvalue weighted by Crippen LogP contribution is 2.28. The predicted molar refractivity (Wildman–Crippen MR) is 140 cm³/mol. The Balaban J connectivity index is 1.63. The van der Waals surface area contributed by atoms with Crippen molar-refractivity contribution in [1.29, 1.82) is 0 Å². The van der Waals surface area contributed by atoms with Crippen LogP contribution < -0.4 is 0 Å². The van der Waals surface area contributed by atoms with E-state index in [1.165, 1.54) is 161 Å². The fraction of sp³-hybridized carbons (Fsp3) is 0.967. The maximum Gasteiger partial charge on any atom is 0.303 e. The normalized spacial score (nSPS) is 14.8. The quantitative estimate of drug-likeness (QED) is 0.148. The molecule has 1 aliphatic carbocycles. The van der Waals surface area contributed by atoms with Gasteiger partial charge >= 0.3 is 5.97 Å². The molecule has 0 saturated heterocycles. The molecule has 1 N–H and O–H groups in total. The molecule has 1 fully saturated rings. The van der Waals surface area contributed by atoms with Crippen LogP contribution in [-0.2, 0) is 4.79 Å². The predicted octanol–water partition coefficient (Wildman–Crippen LogP) is 10.6. The van der Waals surface area contributed by atoms with Gasteiger partial charge in [-0.2, -0.15) is 0 Å². The summed E-state index contributed by atoms with van der Waals surface area (Å²) in [6, 6.07) is 0. The number of hydrogen-bond acceptors (Lipinski definition) is 1. The standard InChI is InChI=1S/C30H58O2/c31-30(32)28-24-19-17-15-13-11-9-7-5-3-1-2-4-6-8-10-12-14-16-18-21-25-29-26-22-20-23-27-29/h29H,1-28H2,(H,31,32). The number of carboxylic acids is 1. The van der Waals surface area contributed by atoms with E-state index in [0.29, 0.717) is 6.42 Å². The van der Waals surface area contributed by atoms with E-state index in [-0.39, 0.29) is 0 Å². The van der Waals surface area contributed by atoms with Gasteiger partial charge in [0.2, 0.25) is 0 Å². The molecule has 1 rings (SSSR count). The molecule has 0 aliphatic heterocycles. The minimum atomic E-state index is -0.648. The second kappa shape index (κ2) is 23.6. The number of carboxylic acid groups (broad SMARTS) is 1. The second-order valence-electron chi connectivity index (χ2n) is 10.9. The highest BCUT2D eigenvalue weighted by Gasteiger charge is 2.12. The zero-order valence-corrected chi connectivity index (χ0v) is 21.7. The van der Waals surface area contributed by atoms with Gasteiger partial charge in [-0.15, -0.1) is 0 Å². The summed E-state index contributed by atoms with van der Waals surface area (Å²) in [6.07, 6.45) is 38.5. The van der Waals surface area contributed by atoms with Gasteiger partial charge in [0.05, 0.1) is 0 Å². The van der Waals surface area contributed by atoms with Crippen molar-refractivity contribution in [3.05, 3.63) is 0 Å². The molecular formula is C30H58O2. The molecule has 0 atom stereocenters. The summed E-state index contributed by atoms with van der Waals surface area (Å²) in [7, 11) is 0. The first-order valence-electron chi connectivity index (χ1n) is 15.0. The largest absolute Gasteiger partial charge is 0.481 e. The van der Waals surface area contributed by atoms with E-state index >= 15 is 0 Å². The molecule has 2 heteroatoms. The first-order valence-corrected chi connectivity index (χ1v) is 15.0. The average molecular weight is 451 g/mol. The molecule has 0 spiro atoms. The van der Waals surface area contributed by atoms with Crippen molar-refractivity contribution in [3.8, 4) is 0 Å². The Morgan fingerprint density at radius 2 is 0.781 bits per heavy atom. The van der Waals surface area contributed by atoms with Crippen molar-refractivity contribution in [3.63, 3.8) is 0 Å². The minimum absolute atomic E-state index is 0.348.